The Balaban J connectivity index is 1.98. The molecule has 4 heteroatoms. The Morgan fingerprint density at radius 1 is 1.25 bits per heavy atom. The highest BCUT2D eigenvalue weighted by Gasteiger charge is 2.09. The average molecular weight is 270 g/mol. The van der Waals surface area contributed by atoms with Crippen LogP contribution in [-0.4, -0.2) is 21.9 Å². The topological polar surface area (TPSA) is 52.1 Å². The first kappa shape index (κ1) is 14.2. The summed E-state index contributed by atoms with van der Waals surface area (Å²) in [6.07, 6.45) is 7.90. The van der Waals surface area contributed by atoms with Crippen LogP contribution in [-0.2, 0) is 6.42 Å². The predicted molar refractivity (Wildman–Crippen MR) is 76.9 cm³/mol. The van der Waals surface area contributed by atoms with E-state index >= 15 is 0 Å². The number of hydrogen-bond acceptors (Lipinski definition) is 4. The van der Waals surface area contributed by atoms with Crippen LogP contribution in [0.25, 0.3) is 0 Å². The molecule has 0 N–H and O–H groups in total. The van der Waals surface area contributed by atoms with Gasteiger partial charge < -0.3 is 4.74 Å². The number of rotatable bonds is 6. The number of pyridine rings is 2. The van der Waals surface area contributed by atoms with Crippen molar-refractivity contribution in [1.29, 1.82) is 0 Å². The van der Waals surface area contributed by atoms with Crippen LogP contribution in [0, 0.1) is 0 Å². The molecule has 0 aliphatic rings. The van der Waals surface area contributed by atoms with E-state index in [0.717, 1.165) is 5.56 Å². The van der Waals surface area contributed by atoms with Gasteiger partial charge in [-0.1, -0.05) is 6.07 Å². The Kier molecular flexibility index (Phi) is 4.82. The quantitative estimate of drug-likeness (QED) is 0.757. The van der Waals surface area contributed by atoms with E-state index < -0.39 is 0 Å². The number of carbonyl (C=O) groups is 1. The van der Waals surface area contributed by atoms with Gasteiger partial charge in [-0.3, -0.25) is 14.8 Å². The summed E-state index contributed by atoms with van der Waals surface area (Å²) in [6.45, 7) is 3.88. The van der Waals surface area contributed by atoms with Gasteiger partial charge >= 0.3 is 0 Å². The first-order valence-corrected chi connectivity index (χ1v) is 6.69. The Morgan fingerprint density at radius 3 is 2.80 bits per heavy atom. The highest BCUT2D eigenvalue weighted by molar-refractivity contribution is 5.96. The highest BCUT2D eigenvalue weighted by atomic mass is 16.5. The zero-order valence-electron chi connectivity index (χ0n) is 11.7. The minimum atomic E-state index is 0.0653. The minimum Gasteiger partial charge on any atom is -0.489 e. The number of aromatic nitrogens is 2. The minimum absolute atomic E-state index is 0.0653. The fraction of sp³-hybridized carbons (Fsp3) is 0.312. The van der Waals surface area contributed by atoms with Crippen molar-refractivity contribution in [1.82, 2.24) is 9.97 Å². The van der Waals surface area contributed by atoms with Crippen molar-refractivity contribution in [3.8, 4) is 5.75 Å². The van der Waals surface area contributed by atoms with E-state index in [1.807, 2.05) is 26.0 Å². The molecule has 0 unspecified atom stereocenters. The third-order valence-electron chi connectivity index (χ3n) is 2.77. The lowest BCUT2D eigenvalue weighted by atomic mass is 10.1. The molecule has 2 heterocycles. The molecule has 0 saturated carbocycles. The van der Waals surface area contributed by atoms with Gasteiger partial charge in [-0.05, 0) is 38.0 Å². The fourth-order valence-electron chi connectivity index (χ4n) is 1.86. The van der Waals surface area contributed by atoms with Crippen molar-refractivity contribution in [3.63, 3.8) is 0 Å². The molecule has 0 atom stereocenters. The summed E-state index contributed by atoms with van der Waals surface area (Å²) < 4.78 is 5.54. The molecule has 0 fully saturated rings. The average Bonchev–Trinajstić information content (AvgIpc) is 2.45. The van der Waals surface area contributed by atoms with Gasteiger partial charge in [0.25, 0.3) is 0 Å². The summed E-state index contributed by atoms with van der Waals surface area (Å²) in [6, 6.07) is 5.59. The third-order valence-corrected chi connectivity index (χ3v) is 2.77. The van der Waals surface area contributed by atoms with Gasteiger partial charge in [0.05, 0.1) is 12.3 Å². The van der Waals surface area contributed by atoms with Gasteiger partial charge in [0.15, 0.2) is 5.78 Å². The second-order valence-corrected chi connectivity index (χ2v) is 4.86. The lowest BCUT2D eigenvalue weighted by molar-refractivity contribution is 0.0981. The Morgan fingerprint density at radius 2 is 2.10 bits per heavy atom. The van der Waals surface area contributed by atoms with Gasteiger partial charge in [-0.15, -0.1) is 0 Å². The third kappa shape index (κ3) is 4.16. The van der Waals surface area contributed by atoms with Crippen molar-refractivity contribution in [2.24, 2.45) is 0 Å². The summed E-state index contributed by atoms with van der Waals surface area (Å²) in [5.41, 5.74) is 1.65. The predicted octanol–water partition coefficient (Wildman–Crippen LogP) is 3.08. The van der Waals surface area contributed by atoms with Crippen molar-refractivity contribution < 1.29 is 9.53 Å². The first-order valence-electron chi connectivity index (χ1n) is 6.69. The molecule has 0 aromatic carbocycles. The molecule has 2 rings (SSSR count). The molecule has 2 aromatic rings. The smallest absolute Gasteiger partial charge is 0.164 e. The summed E-state index contributed by atoms with van der Waals surface area (Å²) in [5.74, 6) is 0.697. The maximum Gasteiger partial charge on any atom is 0.164 e. The number of nitrogens with zero attached hydrogens (tertiary/aromatic N) is 2. The standard InChI is InChI=1S/C16H18N2O2/c1-12(2)20-15-8-14(10-18-11-15)16(19)6-5-13-4-3-7-17-9-13/h3-4,7-12H,5-6H2,1-2H3. The van der Waals surface area contributed by atoms with E-state index in [4.69, 9.17) is 4.74 Å². The Labute approximate surface area is 118 Å². The van der Waals surface area contributed by atoms with Gasteiger partial charge in [-0.2, -0.15) is 0 Å². The molecule has 0 saturated heterocycles. The summed E-state index contributed by atoms with van der Waals surface area (Å²) in [5, 5.41) is 0. The maximum atomic E-state index is 12.1. The molecule has 0 bridgehead atoms. The molecule has 0 amide bonds. The normalized spacial score (nSPS) is 10.6. The molecule has 0 aliphatic carbocycles. The lowest BCUT2D eigenvalue weighted by Crippen LogP contribution is -2.07. The van der Waals surface area contributed by atoms with E-state index in [2.05, 4.69) is 9.97 Å². The number of aryl methyl sites for hydroxylation is 1. The van der Waals surface area contributed by atoms with Gasteiger partial charge in [0.2, 0.25) is 0 Å². The number of ether oxygens (including phenoxy) is 1. The molecule has 4 nitrogen and oxygen atoms in total. The molecule has 0 aliphatic heterocycles. The van der Waals surface area contributed by atoms with Crippen molar-refractivity contribution in [3.05, 3.63) is 54.1 Å². The Hall–Kier alpha value is -2.23. The summed E-state index contributed by atoms with van der Waals surface area (Å²) >= 11 is 0. The molecule has 0 radical (unpaired) electrons. The zero-order valence-corrected chi connectivity index (χ0v) is 11.7. The first-order chi connectivity index (χ1) is 9.65. The van der Waals surface area contributed by atoms with E-state index in [1.165, 1.54) is 0 Å². The molecule has 0 spiro atoms. The monoisotopic (exact) mass is 270 g/mol. The van der Waals surface area contributed by atoms with Gasteiger partial charge in [0.1, 0.15) is 5.75 Å². The van der Waals surface area contributed by atoms with E-state index in [0.29, 0.717) is 24.2 Å². The second kappa shape index (κ2) is 6.80. The second-order valence-electron chi connectivity index (χ2n) is 4.86. The number of Topliss-reactive ketones (excluding diaryl/α,β-unsaturated/α-hetero) is 1. The summed E-state index contributed by atoms with van der Waals surface area (Å²) in [7, 11) is 0. The van der Waals surface area contributed by atoms with Crippen LogP contribution in [0.2, 0.25) is 0 Å². The molecule has 104 valence electrons. The van der Waals surface area contributed by atoms with Crippen LogP contribution in [0.4, 0.5) is 0 Å². The van der Waals surface area contributed by atoms with E-state index in [-0.39, 0.29) is 11.9 Å². The molecular formula is C16H18N2O2. The lowest BCUT2D eigenvalue weighted by Gasteiger charge is -2.09. The SMILES string of the molecule is CC(C)Oc1cncc(C(=O)CCc2cccnc2)c1. The van der Waals surface area contributed by atoms with Gasteiger partial charge in [0, 0.05) is 30.6 Å². The van der Waals surface area contributed by atoms with Crippen LogP contribution in [0.5, 0.6) is 5.75 Å². The fourth-order valence-corrected chi connectivity index (χ4v) is 1.86. The van der Waals surface area contributed by atoms with Crippen LogP contribution >= 0.6 is 0 Å². The zero-order chi connectivity index (χ0) is 14.4. The van der Waals surface area contributed by atoms with Crippen LogP contribution in [0.1, 0.15) is 36.2 Å². The Bertz CT molecular complexity index is 568. The van der Waals surface area contributed by atoms with Gasteiger partial charge in [-0.25, -0.2) is 0 Å². The maximum absolute atomic E-state index is 12.1. The van der Waals surface area contributed by atoms with E-state index in [1.54, 1.807) is 30.9 Å². The van der Waals surface area contributed by atoms with Crippen LogP contribution < -0.4 is 4.74 Å². The number of ketones is 1. The molecule has 2 aromatic heterocycles. The molecule has 20 heavy (non-hydrogen) atoms. The van der Waals surface area contributed by atoms with Crippen LogP contribution in [0.15, 0.2) is 43.0 Å². The number of hydrogen-bond donors (Lipinski definition) is 0. The summed E-state index contributed by atoms with van der Waals surface area (Å²) in [4.78, 5) is 20.2. The van der Waals surface area contributed by atoms with Crippen molar-refractivity contribution in [2.45, 2.75) is 32.8 Å². The largest absolute Gasteiger partial charge is 0.489 e. The van der Waals surface area contributed by atoms with Crippen molar-refractivity contribution >= 4 is 5.78 Å². The van der Waals surface area contributed by atoms with Crippen molar-refractivity contribution in [2.75, 3.05) is 0 Å². The van der Waals surface area contributed by atoms with E-state index in [9.17, 15) is 4.79 Å². The van der Waals surface area contributed by atoms with Crippen LogP contribution in [0.3, 0.4) is 0 Å². The molecular weight excluding hydrogens is 252 g/mol. The highest BCUT2D eigenvalue weighted by Crippen LogP contribution is 2.15. The number of carbonyl (C=O) groups excluding carboxylic acids is 1.